The molecule has 0 radical (unpaired) electrons. The third kappa shape index (κ3) is 2.68. The lowest BCUT2D eigenvalue weighted by Gasteiger charge is -2.24. The summed E-state index contributed by atoms with van der Waals surface area (Å²) in [5, 5.41) is 0. The fourth-order valence-electron chi connectivity index (χ4n) is 2.49. The third-order valence-electron chi connectivity index (χ3n) is 3.45. The zero-order valence-corrected chi connectivity index (χ0v) is 10.8. The van der Waals surface area contributed by atoms with Gasteiger partial charge in [-0.1, -0.05) is 19.1 Å². The van der Waals surface area contributed by atoms with E-state index >= 15 is 0 Å². The van der Waals surface area contributed by atoms with E-state index in [1.165, 1.54) is 5.56 Å². The fraction of sp³-hybridized carbons (Fsp3) is 0.533. The number of ketones is 1. The molecule has 0 spiro atoms. The third-order valence-corrected chi connectivity index (χ3v) is 3.45. The normalized spacial score (nSPS) is 24.4. The van der Waals surface area contributed by atoms with Crippen LogP contribution in [-0.4, -0.2) is 11.9 Å². The second-order valence-corrected chi connectivity index (χ2v) is 5.47. The van der Waals surface area contributed by atoms with Gasteiger partial charge < -0.3 is 4.74 Å². The van der Waals surface area contributed by atoms with Gasteiger partial charge in [0.05, 0.1) is 6.10 Å². The summed E-state index contributed by atoms with van der Waals surface area (Å²) in [4.78, 5) is 11.5. The van der Waals surface area contributed by atoms with Crippen LogP contribution >= 0.6 is 0 Å². The van der Waals surface area contributed by atoms with Crippen molar-refractivity contribution < 1.29 is 9.53 Å². The maximum Gasteiger partial charge on any atom is 0.133 e. The van der Waals surface area contributed by atoms with Crippen LogP contribution in [0.25, 0.3) is 0 Å². The topological polar surface area (TPSA) is 26.3 Å². The number of ether oxygens (including phenoxy) is 1. The van der Waals surface area contributed by atoms with Gasteiger partial charge in [-0.25, -0.2) is 0 Å². The Morgan fingerprint density at radius 2 is 2.12 bits per heavy atom. The summed E-state index contributed by atoms with van der Waals surface area (Å²) >= 11 is 0. The first-order valence-corrected chi connectivity index (χ1v) is 6.28. The molecule has 2 rings (SSSR count). The van der Waals surface area contributed by atoms with E-state index < -0.39 is 0 Å². The van der Waals surface area contributed by atoms with Crippen molar-refractivity contribution in [3.63, 3.8) is 0 Å². The fourth-order valence-corrected chi connectivity index (χ4v) is 2.49. The minimum Gasteiger partial charge on any atom is -0.491 e. The first kappa shape index (κ1) is 12.2. The van der Waals surface area contributed by atoms with Gasteiger partial charge in [0.1, 0.15) is 11.5 Å². The number of carbonyl (C=O) groups is 1. The molecule has 0 bridgehead atoms. The van der Waals surface area contributed by atoms with Crippen LogP contribution in [0.5, 0.6) is 5.75 Å². The van der Waals surface area contributed by atoms with Crippen molar-refractivity contribution in [2.24, 2.45) is 0 Å². The van der Waals surface area contributed by atoms with Crippen molar-refractivity contribution in [1.29, 1.82) is 0 Å². The number of benzene rings is 1. The second-order valence-electron chi connectivity index (χ2n) is 5.47. The summed E-state index contributed by atoms with van der Waals surface area (Å²) in [5.74, 6) is 1.28. The van der Waals surface area contributed by atoms with Gasteiger partial charge in [0.25, 0.3) is 0 Å². The Kier molecular flexibility index (Phi) is 3.23. The lowest BCUT2D eigenvalue weighted by atomic mass is 9.81. The Balaban J connectivity index is 2.24. The molecule has 1 aromatic carbocycles. The molecule has 17 heavy (non-hydrogen) atoms. The van der Waals surface area contributed by atoms with Gasteiger partial charge in [0, 0.05) is 12.8 Å². The summed E-state index contributed by atoms with van der Waals surface area (Å²) in [7, 11) is 0. The predicted molar refractivity (Wildman–Crippen MR) is 68.4 cm³/mol. The predicted octanol–water partition coefficient (Wildman–Crippen LogP) is 3.48. The van der Waals surface area contributed by atoms with Gasteiger partial charge in [0.2, 0.25) is 0 Å². The number of carbonyl (C=O) groups excluding carboxylic acids is 1. The van der Waals surface area contributed by atoms with Gasteiger partial charge in [-0.05, 0) is 43.4 Å². The van der Waals surface area contributed by atoms with E-state index in [9.17, 15) is 4.79 Å². The molecule has 0 saturated heterocycles. The maximum atomic E-state index is 11.5. The molecule has 0 aliphatic heterocycles. The highest BCUT2D eigenvalue weighted by atomic mass is 16.5. The van der Waals surface area contributed by atoms with Gasteiger partial charge in [-0.15, -0.1) is 0 Å². The van der Waals surface area contributed by atoms with Crippen LogP contribution in [0.2, 0.25) is 0 Å². The van der Waals surface area contributed by atoms with Crippen molar-refractivity contribution in [1.82, 2.24) is 0 Å². The van der Waals surface area contributed by atoms with Gasteiger partial charge in [0.15, 0.2) is 0 Å². The minimum absolute atomic E-state index is 0.00737. The largest absolute Gasteiger partial charge is 0.491 e. The van der Waals surface area contributed by atoms with E-state index in [2.05, 4.69) is 19.1 Å². The Bertz CT molecular complexity index is 423. The summed E-state index contributed by atoms with van der Waals surface area (Å²) < 4.78 is 5.70. The maximum absolute atomic E-state index is 11.5. The molecular formula is C15H20O2. The molecule has 2 heteroatoms. The van der Waals surface area contributed by atoms with Crippen molar-refractivity contribution in [3.8, 4) is 5.75 Å². The molecule has 1 atom stereocenters. The molecule has 0 N–H and O–H groups in total. The van der Waals surface area contributed by atoms with E-state index in [-0.39, 0.29) is 11.5 Å². The van der Waals surface area contributed by atoms with E-state index in [1.54, 1.807) is 0 Å². The number of hydrogen-bond donors (Lipinski definition) is 0. The first-order valence-electron chi connectivity index (χ1n) is 6.28. The number of Topliss-reactive ketones (excluding diaryl/α,β-unsaturated/α-hetero) is 1. The SMILES string of the molecule is CC(C)Oc1cccc(C2(C)CCC(=O)C2)c1. The van der Waals surface area contributed by atoms with Gasteiger partial charge >= 0.3 is 0 Å². The summed E-state index contributed by atoms with van der Waals surface area (Å²) in [6.07, 6.45) is 2.52. The standard InChI is InChI=1S/C15H20O2/c1-11(2)17-14-6-4-5-12(9-14)15(3)8-7-13(16)10-15/h4-6,9,11H,7-8,10H2,1-3H3. The number of rotatable bonds is 3. The molecule has 1 unspecified atom stereocenters. The van der Waals surface area contributed by atoms with E-state index in [0.29, 0.717) is 18.6 Å². The molecule has 92 valence electrons. The number of hydrogen-bond acceptors (Lipinski definition) is 2. The Morgan fingerprint density at radius 1 is 1.35 bits per heavy atom. The molecule has 2 nitrogen and oxygen atoms in total. The lowest BCUT2D eigenvalue weighted by molar-refractivity contribution is -0.117. The monoisotopic (exact) mass is 232 g/mol. The molecule has 1 aliphatic rings. The van der Waals surface area contributed by atoms with Crippen LogP contribution in [0.3, 0.4) is 0 Å². The van der Waals surface area contributed by atoms with Crippen LogP contribution in [0.1, 0.15) is 45.6 Å². The zero-order valence-electron chi connectivity index (χ0n) is 10.8. The van der Waals surface area contributed by atoms with Crippen LogP contribution in [-0.2, 0) is 10.2 Å². The molecule has 1 fully saturated rings. The average molecular weight is 232 g/mol. The Hall–Kier alpha value is -1.31. The molecule has 0 amide bonds. The molecule has 1 saturated carbocycles. The van der Waals surface area contributed by atoms with Crippen molar-refractivity contribution >= 4 is 5.78 Å². The van der Waals surface area contributed by atoms with Crippen molar-refractivity contribution in [2.45, 2.75) is 51.6 Å². The quantitative estimate of drug-likeness (QED) is 0.797. The van der Waals surface area contributed by atoms with Crippen LogP contribution in [0.4, 0.5) is 0 Å². The van der Waals surface area contributed by atoms with Crippen LogP contribution in [0, 0.1) is 0 Å². The average Bonchev–Trinajstić information content (AvgIpc) is 2.59. The highest BCUT2D eigenvalue weighted by Crippen LogP contribution is 2.39. The Morgan fingerprint density at radius 3 is 2.71 bits per heavy atom. The summed E-state index contributed by atoms with van der Waals surface area (Å²) in [5.41, 5.74) is 1.23. The van der Waals surface area contributed by atoms with E-state index in [4.69, 9.17) is 4.74 Å². The van der Waals surface area contributed by atoms with E-state index in [0.717, 1.165) is 12.2 Å². The molecule has 0 heterocycles. The lowest BCUT2D eigenvalue weighted by Crippen LogP contribution is -2.18. The first-order chi connectivity index (χ1) is 7.99. The zero-order chi connectivity index (χ0) is 12.5. The van der Waals surface area contributed by atoms with Gasteiger partial charge in [-0.2, -0.15) is 0 Å². The van der Waals surface area contributed by atoms with Crippen LogP contribution < -0.4 is 4.74 Å². The van der Waals surface area contributed by atoms with Crippen molar-refractivity contribution in [3.05, 3.63) is 29.8 Å². The Labute approximate surface area is 103 Å². The summed E-state index contributed by atoms with van der Waals surface area (Å²) in [6, 6.07) is 8.18. The molecule has 1 aromatic rings. The smallest absolute Gasteiger partial charge is 0.133 e. The van der Waals surface area contributed by atoms with E-state index in [1.807, 2.05) is 26.0 Å². The highest BCUT2D eigenvalue weighted by Gasteiger charge is 2.35. The molecular weight excluding hydrogens is 212 g/mol. The highest BCUT2D eigenvalue weighted by molar-refractivity contribution is 5.82. The molecule has 0 aromatic heterocycles. The second kappa shape index (κ2) is 4.52. The molecule has 1 aliphatic carbocycles. The van der Waals surface area contributed by atoms with Crippen LogP contribution in [0.15, 0.2) is 24.3 Å². The van der Waals surface area contributed by atoms with Crippen molar-refractivity contribution in [2.75, 3.05) is 0 Å². The summed E-state index contributed by atoms with van der Waals surface area (Å²) in [6.45, 7) is 6.22. The van der Waals surface area contributed by atoms with Gasteiger partial charge in [-0.3, -0.25) is 4.79 Å². The minimum atomic E-state index is 0.00737.